The Kier molecular flexibility index (Phi) is 69.8. The number of aliphatic hydroxyl groups excluding tert-OH is 3. The monoisotopic (exact) mass is 2240 g/mol. The third-order valence-corrected chi connectivity index (χ3v) is 24.3. The molecule has 26 nitrogen and oxygen atoms in total. The van der Waals surface area contributed by atoms with Crippen LogP contribution in [0.3, 0.4) is 0 Å². The summed E-state index contributed by atoms with van der Waals surface area (Å²) in [7, 11) is 11.9. The van der Waals surface area contributed by atoms with E-state index in [4.69, 9.17) is 139 Å². The van der Waals surface area contributed by atoms with Gasteiger partial charge in [0.15, 0.2) is 0 Å². The number of carboxylic acid groups (broad SMARTS) is 2. The van der Waals surface area contributed by atoms with E-state index in [0.29, 0.717) is 96.0 Å². The Morgan fingerprint density at radius 1 is 0.489 bits per heavy atom. The van der Waals surface area contributed by atoms with Gasteiger partial charge in [-0.1, -0.05) is 255 Å². The number of halogens is 12. The normalized spacial score (nSPS) is 12.6. The number of hydrogen-bond acceptors (Lipinski definition) is 22. The molecule has 0 spiro atoms. The van der Waals surface area contributed by atoms with E-state index in [0.717, 1.165) is 53.3 Å². The minimum absolute atomic E-state index is 0. The first-order valence-electron chi connectivity index (χ1n) is 41.2. The fourth-order valence-electron chi connectivity index (χ4n) is 11.8. The van der Waals surface area contributed by atoms with Crippen molar-refractivity contribution in [3.63, 3.8) is 0 Å². The molecule has 0 bridgehead atoms. The van der Waals surface area contributed by atoms with E-state index < -0.39 is 61.2 Å². The summed E-state index contributed by atoms with van der Waals surface area (Å²) in [5.41, 5.74) is 7.55. The van der Waals surface area contributed by atoms with Crippen molar-refractivity contribution in [1.29, 1.82) is 0 Å². The van der Waals surface area contributed by atoms with Crippen LogP contribution in [0.1, 0.15) is 188 Å². The van der Waals surface area contributed by atoms with Crippen LogP contribution in [-0.4, -0.2) is 199 Å². The van der Waals surface area contributed by atoms with Crippen LogP contribution < -0.4 is 54.2 Å². The second-order valence-electron chi connectivity index (χ2n) is 29.5. The topological polar surface area (TPSA) is 387 Å². The molecule has 2 fully saturated rings. The fraction of sp³-hybridized carbons (Fsp3) is 0.327. The Morgan fingerprint density at radius 2 is 0.842 bits per heavy atom. The number of likely N-dealkylation sites (N-methyl/N-ethyl adjacent to an activating group) is 3. The quantitative estimate of drug-likeness (QED) is 0.00820. The van der Waals surface area contributed by atoms with Gasteiger partial charge < -0.3 is 102 Å². The van der Waals surface area contributed by atoms with Crippen molar-refractivity contribution >= 4 is 193 Å². The predicted molar refractivity (Wildman–Crippen MR) is 559 cm³/mol. The average Bonchev–Trinajstić information content (AvgIpc) is 1.71. The first-order chi connectivity index (χ1) is 63.6. The van der Waals surface area contributed by atoms with Crippen LogP contribution in [0.5, 0.6) is 11.8 Å². The Morgan fingerprint density at radius 3 is 1.19 bits per heavy atom. The van der Waals surface area contributed by atoms with E-state index in [1.807, 2.05) is 145 Å². The van der Waals surface area contributed by atoms with Crippen LogP contribution in [0.4, 0.5) is 0 Å². The maximum atomic E-state index is 13.0. The number of hydrogen-bond donors (Lipinski definition) is 8. The SMILES string of the molecule is CC[C@H](C(=O)N(C)[C@@H](C)[C@@H](O)c1ccccc1)c1ccc(Cl)c(Cl)c1.CC[C@H](C(=O)O)c1ccc(Cl)c(Cl)c1.CN[C@@H](C)[C@@H](O)c1ccccc1.COC(=O)c1cc(Br)cnc1Cl.COC(=O)c1cc(Br)cnc1OC.COC(=O)c1cc(C2CC2)cnc1OC.C[C@@H]([C@@H](O)c1ccccc1)N(C)C(=O)Cc1ccc(Cl)c(Cl)c1.C[O-].O=C(O)Cc1ccc(Cl)c(Cl)c1.OB(O)C1CC1.[2H-].[BH4-].[CH3-].[CH3-].[F-].[H-].[Na+]. The van der Waals surface area contributed by atoms with Crippen molar-refractivity contribution < 1.29 is 135 Å². The number of carboxylic acids is 2. The average molecular weight is 2250 g/mol. The van der Waals surface area contributed by atoms with E-state index in [-0.39, 0.29) is 131 Å². The summed E-state index contributed by atoms with van der Waals surface area (Å²) in [4.78, 5) is 95.1. The summed E-state index contributed by atoms with van der Waals surface area (Å²) in [6.45, 7) is 9.40. The second-order valence-corrected chi connectivity index (χ2v) is 34.9. The first-order valence-corrected chi connectivity index (χ1v) is 46.2. The number of aliphatic hydroxyl groups is 3. The number of nitrogens with zero attached hydrogens (tertiary/aromatic N) is 5. The standard InChI is InChI=1S/C20H23Cl2NO2.C18H19Cl2NO2.C11H13NO3.C10H10Cl2O2.C10H15NO.C8H8BrNO3.C8H6Cl2O2.C7H5BrClNO2.C3H7BO2.CH3O.2CH3.BH4.FH.Na.2H/c1-4-16(15-10-11-17(21)18(22)12-15)20(25)23(3)13(2)19(24)14-8-6-5-7-9-14;1-12(18(23)14-6-4-3-5-7-14)21(2)17(22)11-13-8-9-15(19)16(20)10-13;1-14-10-9(11(13)15-2)5-8(6-12-10)7-3-4-7;1-2-7(10(13)14)6-3-4-8(11)9(12)5-6;1-8(11-2)10(12)9-6-4-3-5-7-9;1-12-7-6(8(11)13-2)3-5(9)4-10-7;9-6-2-1-5(3-7(6)10)4-8(11)12;1-12-7(11)5-2-4(8)3-10-6(5)9;5-4(6)3-1-2-3;1-2;;;;;;;/h5-13,16,19,24H,4H2,1-3H3;3-10,12,18,23H,11H2,1-2H3;5-7H,3-4H2,1-2H3;3-5,7H,2H2,1H3,(H,13,14);3-8,10-12H,1-2H3;3-4H,1-2H3;1-3H,4H2,(H,11,12);2-3H,1H3;3,5-6H,1-2H2;1H3;2*1H3;1H4;1H;;;/q;;;;;;;;;4*-1;;+1;2*-1/p-1/t13-,16-,19+;12-,18+;;7-;8-,10+;;;;;;;;;;;;/m00.00............/s1/i;;;;;;;;;;;;;;;1+1;. The molecule has 2 saturated carbocycles. The van der Waals surface area contributed by atoms with Gasteiger partial charge in [-0.15, -0.1) is 0 Å². The van der Waals surface area contributed by atoms with Gasteiger partial charge in [0.1, 0.15) is 16.3 Å². The Balaban J connectivity index is -0.000000497. The van der Waals surface area contributed by atoms with E-state index in [2.05, 4.69) is 66.3 Å². The van der Waals surface area contributed by atoms with Crippen LogP contribution in [-0.2, 0) is 46.2 Å². The number of nitrogens with one attached hydrogen (secondary N) is 1. The number of carbonyl (C=O) groups excluding carboxylic acids is 5. The molecular formula is C98H121B2Br2Cl9FN6NaO20-6. The van der Waals surface area contributed by atoms with Gasteiger partial charge in [-0.05, 0) is 208 Å². The molecule has 0 saturated heterocycles. The van der Waals surface area contributed by atoms with E-state index in [1.165, 1.54) is 54.6 Å². The molecule has 2 aliphatic carbocycles. The van der Waals surface area contributed by atoms with Gasteiger partial charge in [-0.25, -0.2) is 29.3 Å². The molecule has 2 amide bonds. The van der Waals surface area contributed by atoms with Crippen molar-refractivity contribution in [2.45, 2.75) is 146 Å². The number of amides is 2. The zero-order valence-electron chi connectivity index (χ0n) is 81.3. The number of ether oxygens (including phenoxy) is 5. The molecule has 7 aromatic carbocycles. The predicted octanol–water partition coefficient (Wildman–Crippen LogP) is 14.7. The summed E-state index contributed by atoms with van der Waals surface area (Å²) in [5, 5.41) is 79.4. The van der Waals surface area contributed by atoms with E-state index in [1.54, 1.807) is 115 Å². The smallest absolute Gasteiger partial charge is 1.00 e. The Labute approximate surface area is 903 Å². The minimum Gasteiger partial charge on any atom is -1.00 e. The van der Waals surface area contributed by atoms with Gasteiger partial charge in [0.2, 0.25) is 23.6 Å². The number of rotatable bonds is 26. The molecule has 139 heavy (non-hydrogen) atoms. The van der Waals surface area contributed by atoms with Crippen LogP contribution in [0, 0.1) is 14.9 Å². The van der Waals surface area contributed by atoms with Crippen molar-refractivity contribution in [3.8, 4) is 11.8 Å². The summed E-state index contributed by atoms with van der Waals surface area (Å²) in [6.07, 6.45) is 8.61. The number of methoxy groups -OCH3 is 5. The molecular weight excluding hydrogens is 2120 g/mol. The molecule has 0 unspecified atom stereocenters. The maximum Gasteiger partial charge on any atom is 1.00 e. The molecule has 8 N–H and O–H groups in total. The first kappa shape index (κ1) is 135. The van der Waals surface area contributed by atoms with Gasteiger partial charge in [-0.3, -0.25) is 19.2 Å². The zero-order valence-corrected chi connectivity index (χ0v) is 91.2. The number of aliphatic carboxylic acids is 2. The van der Waals surface area contributed by atoms with Crippen molar-refractivity contribution in [1.82, 2.24) is 30.1 Å². The van der Waals surface area contributed by atoms with Crippen LogP contribution in [0.2, 0.25) is 51.2 Å². The molecule has 12 rings (SSSR count). The van der Waals surface area contributed by atoms with Gasteiger partial charge in [0, 0.05) is 47.7 Å². The third kappa shape index (κ3) is 47.1. The Bertz CT molecular complexity index is 5390. The van der Waals surface area contributed by atoms with Gasteiger partial charge in [0.05, 0.1) is 136 Å². The molecule has 10 aromatic rings. The molecule has 760 valence electrons. The maximum absolute atomic E-state index is 13.0. The molecule has 8 atom stereocenters. The number of pyridine rings is 3. The molecule has 3 heterocycles. The third-order valence-electron chi connectivity index (χ3n) is 20.2. The fourth-order valence-corrected chi connectivity index (χ4v) is 13.9. The minimum atomic E-state index is -1.04. The van der Waals surface area contributed by atoms with Crippen molar-refractivity contribution in [3.05, 3.63) is 331 Å². The number of aromatic nitrogens is 3. The van der Waals surface area contributed by atoms with Gasteiger partial charge >= 0.3 is 66.5 Å². The number of benzene rings is 7. The van der Waals surface area contributed by atoms with Crippen LogP contribution in [0.25, 0.3) is 0 Å². The second kappa shape index (κ2) is 71.6. The van der Waals surface area contributed by atoms with E-state index in [9.17, 15) is 48.9 Å². The van der Waals surface area contributed by atoms with Gasteiger partial charge in [-0.2, -0.15) is 7.11 Å². The largest absolute Gasteiger partial charge is 1.00 e. The van der Waals surface area contributed by atoms with Crippen LogP contribution >= 0.6 is 136 Å². The number of esters is 3. The van der Waals surface area contributed by atoms with E-state index >= 15 is 0 Å². The van der Waals surface area contributed by atoms with Crippen LogP contribution in [0.15, 0.2) is 210 Å². The Hall–Kier alpha value is -7.77. The zero-order chi connectivity index (χ0) is 101. The summed E-state index contributed by atoms with van der Waals surface area (Å²) in [5.74, 6) is -2.71. The number of carbonyl (C=O) groups is 7. The summed E-state index contributed by atoms with van der Waals surface area (Å²) in [6, 6.07) is 52.8. The molecule has 0 radical (unpaired) electrons. The van der Waals surface area contributed by atoms with Gasteiger partial charge in [0.25, 0.3) is 0 Å². The molecule has 2 aliphatic rings. The summed E-state index contributed by atoms with van der Waals surface area (Å²) < 4.78 is 25.0. The molecule has 41 heteroatoms. The van der Waals surface area contributed by atoms with Crippen molar-refractivity contribution in [2.75, 3.05) is 63.8 Å². The van der Waals surface area contributed by atoms with Crippen molar-refractivity contribution in [2.24, 2.45) is 0 Å². The molecule has 0 aliphatic heterocycles. The molecule has 3 aromatic heterocycles. The summed E-state index contributed by atoms with van der Waals surface area (Å²) >= 11 is 58.8.